The summed E-state index contributed by atoms with van der Waals surface area (Å²) in [5, 5.41) is 4.32. The predicted molar refractivity (Wildman–Crippen MR) is 71.9 cm³/mol. The molecule has 0 radical (unpaired) electrons. The molecule has 2 heteroatoms. The zero-order valence-electron chi connectivity index (χ0n) is 10.3. The molecule has 0 amide bonds. The van der Waals surface area contributed by atoms with Crippen LogP contribution in [0.3, 0.4) is 0 Å². The molecular formula is C14H20ClN. The van der Waals surface area contributed by atoms with Crippen LogP contribution in [0.5, 0.6) is 0 Å². The number of hydrogen-bond acceptors (Lipinski definition) is 1. The van der Waals surface area contributed by atoms with Crippen LogP contribution >= 0.6 is 11.6 Å². The van der Waals surface area contributed by atoms with Gasteiger partial charge in [0, 0.05) is 5.02 Å². The quantitative estimate of drug-likeness (QED) is 0.751. The molecule has 1 rings (SSSR count). The molecule has 88 valence electrons. The molecule has 0 aliphatic carbocycles. The third kappa shape index (κ3) is 3.99. The number of hydrogen-bond donors (Lipinski definition) is 1. The van der Waals surface area contributed by atoms with Crippen molar-refractivity contribution < 1.29 is 0 Å². The lowest BCUT2D eigenvalue weighted by atomic mass is 10.0. The molecule has 1 nitrogen and oxygen atoms in total. The zero-order valence-corrected chi connectivity index (χ0v) is 11.0. The number of halogens is 1. The molecule has 1 aromatic rings. The summed E-state index contributed by atoms with van der Waals surface area (Å²) < 4.78 is 0. The predicted octanol–water partition coefficient (Wildman–Crippen LogP) is 4.35. The summed E-state index contributed by atoms with van der Waals surface area (Å²) in [5.74, 6) is 0. The molecule has 0 aromatic heterocycles. The molecule has 1 N–H and O–H groups in total. The van der Waals surface area contributed by atoms with Crippen LogP contribution in [0.4, 0.5) is 0 Å². The van der Waals surface area contributed by atoms with E-state index in [1.807, 2.05) is 18.2 Å². The molecule has 0 saturated heterocycles. The molecule has 1 atom stereocenters. The van der Waals surface area contributed by atoms with Gasteiger partial charge in [0.1, 0.15) is 0 Å². The van der Waals surface area contributed by atoms with Gasteiger partial charge < -0.3 is 5.32 Å². The summed E-state index contributed by atoms with van der Waals surface area (Å²) in [6, 6.07) is 8.23. The van der Waals surface area contributed by atoms with Gasteiger partial charge in [-0.25, -0.2) is 0 Å². The number of allylic oxidation sites excluding steroid dienone is 1. The second-order valence-corrected chi connectivity index (χ2v) is 4.60. The minimum absolute atomic E-state index is 0.221. The first kappa shape index (κ1) is 13.3. The number of rotatable bonds is 5. The van der Waals surface area contributed by atoms with Crippen molar-refractivity contribution in [3.05, 3.63) is 46.5 Å². The van der Waals surface area contributed by atoms with Crippen molar-refractivity contribution >= 4 is 11.6 Å². The highest BCUT2D eigenvalue weighted by Gasteiger charge is 2.10. The fourth-order valence-corrected chi connectivity index (χ4v) is 1.87. The fourth-order valence-electron chi connectivity index (χ4n) is 1.62. The van der Waals surface area contributed by atoms with E-state index >= 15 is 0 Å². The van der Waals surface area contributed by atoms with Crippen LogP contribution in [0, 0.1) is 0 Å². The molecule has 0 aliphatic heterocycles. The Labute approximate surface area is 104 Å². The van der Waals surface area contributed by atoms with Gasteiger partial charge in [0.15, 0.2) is 0 Å². The molecule has 0 heterocycles. The molecule has 0 spiro atoms. The Balaban J connectivity index is 2.92. The summed E-state index contributed by atoms with van der Waals surface area (Å²) in [6.45, 7) is 7.38. The van der Waals surface area contributed by atoms with Crippen LogP contribution in [0.2, 0.25) is 5.02 Å². The molecule has 1 unspecified atom stereocenters. The number of benzene rings is 1. The maximum atomic E-state index is 6.21. The van der Waals surface area contributed by atoms with E-state index < -0.39 is 0 Å². The third-order valence-electron chi connectivity index (χ3n) is 2.35. The molecule has 0 aliphatic rings. The molecule has 1 aromatic carbocycles. The summed E-state index contributed by atoms with van der Waals surface area (Å²) in [4.78, 5) is 0. The minimum Gasteiger partial charge on any atom is -0.307 e. The Morgan fingerprint density at radius 3 is 2.62 bits per heavy atom. The maximum absolute atomic E-state index is 6.21. The molecule has 0 fully saturated rings. The molecule has 0 saturated carbocycles. The maximum Gasteiger partial charge on any atom is 0.0523 e. The molecule has 16 heavy (non-hydrogen) atoms. The van der Waals surface area contributed by atoms with E-state index in [2.05, 4.69) is 38.2 Å². The van der Waals surface area contributed by atoms with E-state index in [0.717, 1.165) is 23.6 Å². The summed E-state index contributed by atoms with van der Waals surface area (Å²) in [7, 11) is 0. The minimum atomic E-state index is 0.221. The highest BCUT2D eigenvalue weighted by molar-refractivity contribution is 6.31. The van der Waals surface area contributed by atoms with Crippen molar-refractivity contribution in [3.63, 3.8) is 0 Å². The average molecular weight is 238 g/mol. The standard InChI is InChI=1S/C14H20ClN/c1-4-9-16-14(10-11(2)3)12-7-5-6-8-13(12)15/h5-8,10,14,16H,4,9H2,1-3H3. The summed E-state index contributed by atoms with van der Waals surface area (Å²) >= 11 is 6.21. The van der Waals surface area contributed by atoms with Crippen LogP contribution in [0.1, 0.15) is 38.8 Å². The van der Waals surface area contributed by atoms with E-state index in [0.29, 0.717) is 0 Å². The van der Waals surface area contributed by atoms with Gasteiger partial charge in [-0.05, 0) is 38.4 Å². The Morgan fingerprint density at radius 1 is 1.38 bits per heavy atom. The van der Waals surface area contributed by atoms with Gasteiger partial charge in [-0.1, -0.05) is 48.4 Å². The lowest BCUT2D eigenvalue weighted by Crippen LogP contribution is -2.20. The van der Waals surface area contributed by atoms with E-state index in [1.54, 1.807) is 0 Å². The van der Waals surface area contributed by atoms with Gasteiger partial charge in [0.25, 0.3) is 0 Å². The lowest BCUT2D eigenvalue weighted by molar-refractivity contribution is 0.610. The largest absolute Gasteiger partial charge is 0.307 e. The van der Waals surface area contributed by atoms with Crippen molar-refractivity contribution in [2.45, 2.75) is 33.2 Å². The van der Waals surface area contributed by atoms with Crippen molar-refractivity contribution in [3.8, 4) is 0 Å². The topological polar surface area (TPSA) is 12.0 Å². The molecular weight excluding hydrogens is 218 g/mol. The first-order valence-corrected chi connectivity index (χ1v) is 6.15. The lowest BCUT2D eigenvalue weighted by Gasteiger charge is -2.17. The average Bonchev–Trinajstić information content (AvgIpc) is 2.24. The Hall–Kier alpha value is -0.790. The smallest absolute Gasteiger partial charge is 0.0523 e. The second-order valence-electron chi connectivity index (χ2n) is 4.20. The van der Waals surface area contributed by atoms with Crippen molar-refractivity contribution in [1.29, 1.82) is 0 Å². The fraction of sp³-hybridized carbons (Fsp3) is 0.429. The van der Waals surface area contributed by atoms with E-state index in [9.17, 15) is 0 Å². The Kier molecular flexibility index (Phi) is 5.58. The highest BCUT2D eigenvalue weighted by Crippen LogP contribution is 2.24. The van der Waals surface area contributed by atoms with Gasteiger partial charge in [0.05, 0.1) is 6.04 Å². The van der Waals surface area contributed by atoms with Crippen LogP contribution < -0.4 is 5.32 Å². The Morgan fingerprint density at radius 2 is 2.06 bits per heavy atom. The van der Waals surface area contributed by atoms with E-state index in [4.69, 9.17) is 11.6 Å². The number of nitrogens with one attached hydrogen (secondary N) is 1. The second kappa shape index (κ2) is 6.72. The van der Waals surface area contributed by atoms with Crippen LogP contribution in [-0.4, -0.2) is 6.54 Å². The summed E-state index contributed by atoms with van der Waals surface area (Å²) in [6.07, 6.45) is 3.34. The Bertz CT molecular complexity index is 354. The van der Waals surface area contributed by atoms with Crippen molar-refractivity contribution in [1.82, 2.24) is 5.32 Å². The van der Waals surface area contributed by atoms with Crippen LogP contribution in [-0.2, 0) is 0 Å². The van der Waals surface area contributed by atoms with Crippen molar-refractivity contribution in [2.24, 2.45) is 0 Å². The van der Waals surface area contributed by atoms with Crippen molar-refractivity contribution in [2.75, 3.05) is 6.54 Å². The van der Waals surface area contributed by atoms with Gasteiger partial charge >= 0.3 is 0 Å². The van der Waals surface area contributed by atoms with Gasteiger partial charge in [0.2, 0.25) is 0 Å². The SMILES string of the molecule is CCCNC(C=C(C)C)c1ccccc1Cl. The van der Waals surface area contributed by atoms with Crippen LogP contribution in [0.15, 0.2) is 35.9 Å². The molecule has 0 bridgehead atoms. The van der Waals surface area contributed by atoms with Crippen LogP contribution in [0.25, 0.3) is 0 Å². The highest BCUT2D eigenvalue weighted by atomic mass is 35.5. The normalized spacial score (nSPS) is 12.2. The third-order valence-corrected chi connectivity index (χ3v) is 2.70. The first-order chi connectivity index (χ1) is 7.65. The zero-order chi connectivity index (χ0) is 12.0. The monoisotopic (exact) mass is 237 g/mol. The van der Waals surface area contributed by atoms with E-state index in [1.165, 1.54) is 5.57 Å². The first-order valence-electron chi connectivity index (χ1n) is 5.78. The summed E-state index contributed by atoms with van der Waals surface area (Å²) in [5.41, 5.74) is 2.45. The van der Waals surface area contributed by atoms with E-state index in [-0.39, 0.29) is 6.04 Å². The van der Waals surface area contributed by atoms with Gasteiger partial charge in [-0.15, -0.1) is 0 Å². The van der Waals surface area contributed by atoms with Gasteiger partial charge in [-0.3, -0.25) is 0 Å². The van der Waals surface area contributed by atoms with Gasteiger partial charge in [-0.2, -0.15) is 0 Å².